The molecule has 0 bridgehead atoms. The summed E-state index contributed by atoms with van der Waals surface area (Å²) in [6.45, 7) is 0.929. The van der Waals surface area contributed by atoms with Crippen LogP contribution in [0.2, 0.25) is 5.02 Å². The number of rotatable bonds is 7. The number of hydrogen-bond acceptors (Lipinski definition) is 6. The van der Waals surface area contributed by atoms with Gasteiger partial charge in [-0.05, 0) is 37.1 Å². The zero-order valence-electron chi connectivity index (χ0n) is 13.5. The SMILES string of the molecule is COc1cc(CN2CCCC(O)(CO)C2)cc(Cl)c1OCC(=O)O. The Morgan fingerprint density at radius 3 is 2.83 bits per heavy atom. The van der Waals surface area contributed by atoms with Gasteiger partial charge in [0.1, 0.15) is 5.60 Å². The van der Waals surface area contributed by atoms with Gasteiger partial charge in [0.15, 0.2) is 18.1 Å². The second kappa shape index (κ2) is 8.02. The van der Waals surface area contributed by atoms with Crippen LogP contribution >= 0.6 is 11.6 Å². The fourth-order valence-electron chi connectivity index (χ4n) is 2.87. The smallest absolute Gasteiger partial charge is 0.341 e. The summed E-state index contributed by atoms with van der Waals surface area (Å²) in [5.74, 6) is -0.558. The van der Waals surface area contributed by atoms with Crippen molar-refractivity contribution in [2.24, 2.45) is 0 Å². The maximum Gasteiger partial charge on any atom is 0.341 e. The van der Waals surface area contributed by atoms with Gasteiger partial charge in [0.25, 0.3) is 0 Å². The molecule has 1 aromatic rings. The number of hydrogen-bond donors (Lipinski definition) is 3. The molecule has 0 radical (unpaired) electrons. The summed E-state index contributed by atoms with van der Waals surface area (Å²) >= 11 is 6.19. The van der Waals surface area contributed by atoms with Gasteiger partial charge >= 0.3 is 5.97 Å². The van der Waals surface area contributed by atoms with E-state index < -0.39 is 18.2 Å². The van der Waals surface area contributed by atoms with Gasteiger partial charge in [-0.15, -0.1) is 0 Å². The van der Waals surface area contributed by atoms with Crippen LogP contribution in [0.1, 0.15) is 18.4 Å². The molecule has 1 unspecified atom stereocenters. The first-order valence-corrected chi connectivity index (χ1v) is 8.01. The molecule has 3 N–H and O–H groups in total. The van der Waals surface area contributed by atoms with Crippen molar-refractivity contribution in [3.63, 3.8) is 0 Å². The predicted octanol–water partition coefficient (Wildman–Crippen LogP) is 1.13. The molecular weight excluding hydrogens is 338 g/mol. The van der Waals surface area contributed by atoms with E-state index in [1.54, 1.807) is 12.1 Å². The van der Waals surface area contributed by atoms with E-state index in [2.05, 4.69) is 0 Å². The first-order valence-electron chi connectivity index (χ1n) is 7.63. The molecule has 8 heteroatoms. The minimum Gasteiger partial charge on any atom is -0.493 e. The first kappa shape index (κ1) is 18.8. The number of benzene rings is 1. The monoisotopic (exact) mass is 359 g/mol. The number of likely N-dealkylation sites (tertiary alicyclic amines) is 1. The van der Waals surface area contributed by atoms with Crippen LogP contribution in [0, 0.1) is 0 Å². The number of aliphatic hydroxyl groups excluding tert-OH is 1. The van der Waals surface area contributed by atoms with Crippen molar-refractivity contribution in [3.8, 4) is 11.5 Å². The standard InChI is InChI=1S/C16H22ClNO6/c1-23-13-6-11(5-12(17)15(13)24-8-14(20)21)7-18-4-2-3-16(22,9-18)10-19/h5-6,19,22H,2-4,7-10H2,1H3,(H,20,21). The fourth-order valence-corrected chi connectivity index (χ4v) is 3.15. The molecule has 0 aliphatic carbocycles. The molecule has 0 aromatic heterocycles. The minimum atomic E-state index is -1.10. The molecule has 1 saturated heterocycles. The highest BCUT2D eigenvalue weighted by atomic mass is 35.5. The van der Waals surface area contributed by atoms with E-state index >= 15 is 0 Å². The van der Waals surface area contributed by atoms with Crippen LogP contribution in [-0.2, 0) is 11.3 Å². The van der Waals surface area contributed by atoms with Gasteiger partial charge in [-0.1, -0.05) is 11.6 Å². The van der Waals surface area contributed by atoms with Crippen LogP contribution in [0.3, 0.4) is 0 Å². The van der Waals surface area contributed by atoms with Gasteiger partial charge in [0.2, 0.25) is 0 Å². The molecule has 1 aliphatic heterocycles. The van der Waals surface area contributed by atoms with Crippen molar-refractivity contribution >= 4 is 17.6 Å². The number of piperidine rings is 1. The Kier molecular flexibility index (Phi) is 6.28. The number of aliphatic hydroxyl groups is 2. The molecule has 0 spiro atoms. The molecule has 0 amide bonds. The Labute approximate surface area is 145 Å². The van der Waals surface area contributed by atoms with E-state index in [-0.39, 0.29) is 17.4 Å². The summed E-state index contributed by atoms with van der Waals surface area (Å²) in [7, 11) is 1.45. The largest absolute Gasteiger partial charge is 0.493 e. The number of halogens is 1. The number of carbonyl (C=O) groups is 1. The molecule has 1 atom stereocenters. The number of carboxylic acid groups (broad SMARTS) is 1. The first-order chi connectivity index (χ1) is 11.4. The lowest BCUT2D eigenvalue weighted by Crippen LogP contribution is -2.50. The number of ether oxygens (including phenoxy) is 2. The molecule has 1 aromatic carbocycles. The quantitative estimate of drug-likeness (QED) is 0.671. The molecule has 7 nitrogen and oxygen atoms in total. The highest BCUT2D eigenvalue weighted by molar-refractivity contribution is 6.32. The Morgan fingerprint density at radius 2 is 2.21 bits per heavy atom. The van der Waals surface area contributed by atoms with Crippen LogP contribution < -0.4 is 9.47 Å². The van der Waals surface area contributed by atoms with Crippen molar-refractivity contribution in [1.29, 1.82) is 0 Å². The Hall–Kier alpha value is -1.54. The molecule has 2 rings (SSSR count). The zero-order valence-corrected chi connectivity index (χ0v) is 14.3. The van der Waals surface area contributed by atoms with E-state index in [1.807, 2.05) is 4.90 Å². The average molecular weight is 360 g/mol. The van der Waals surface area contributed by atoms with E-state index in [9.17, 15) is 15.0 Å². The molecule has 134 valence electrons. The molecule has 1 aliphatic rings. The number of carboxylic acids is 1. The van der Waals surface area contributed by atoms with Crippen LogP contribution in [0.25, 0.3) is 0 Å². The Morgan fingerprint density at radius 1 is 1.46 bits per heavy atom. The van der Waals surface area contributed by atoms with Crippen LogP contribution in [0.4, 0.5) is 0 Å². The van der Waals surface area contributed by atoms with Crippen molar-refractivity contribution in [2.75, 3.05) is 33.4 Å². The summed E-state index contributed by atoms with van der Waals surface area (Å²) in [6.07, 6.45) is 1.37. The van der Waals surface area contributed by atoms with Crippen molar-refractivity contribution in [3.05, 3.63) is 22.7 Å². The van der Waals surface area contributed by atoms with E-state index in [0.717, 1.165) is 18.5 Å². The van der Waals surface area contributed by atoms with Crippen LogP contribution in [0.5, 0.6) is 11.5 Å². The predicted molar refractivity (Wildman–Crippen MR) is 87.7 cm³/mol. The van der Waals surface area contributed by atoms with Crippen LogP contribution in [-0.4, -0.2) is 65.2 Å². The summed E-state index contributed by atoms with van der Waals surface area (Å²) in [4.78, 5) is 12.7. The van der Waals surface area contributed by atoms with E-state index in [1.165, 1.54) is 7.11 Å². The highest BCUT2D eigenvalue weighted by Crippen LogP contribution is 2.37. The van der Waals surface area contributed by atoms with Gasteiger partial charge < -0.3 is 24.8 Å². The normalized spacial score (nSPS) is 21.5. The lowest BCUT2D eigenvalue weighted by molar-refractivity contribution is -0.139. The van der Waals surface area contributed by atoms with Crippen molar-refractivity contribution < 1.29 is 29.6 Å². The number of methoxy groups -OCH3 is 1. The topological polar surface area (TPSA) is 99.5 Å². The van der Waals surface area contributed by atoms with Crippen molar-refractivity contribution in [2.45, 2.75) is 25.0 Å². The molecule has 1 heterocycles. The lowest BCUT2D eigenvalue weighted by Gasteiger charge is -2.38. The number of nitrogens with zero attached hydrogens (tertiary/aromatic N) is 1. The zero-order chi connectivity index (χ0) is 17.7. The summed E-state index contributed by atoms with van der Waals surface area (Å²) in [5.41, 5.74) is -0.224. The van der Waals surface area contributed by atoms with Gasteiger partial charge in [-0.2, -0.15) is 0 Å². The van der Waals surface area contributed by atoms with Gasteiger partial charge in [0, 0.05) is 13.1 Å². The number of aliphatic carboxylic acids is 1. The van der Waals surface area contributed by atoms with Gasteiger partial charge in [-0.3, -0.25) is 4.90 Å². The molecule has 1 fully saturated rings. The Balaban J connectivity index is 2.13. The second-order valence-corrected chi connectivity index (χ2v) is 6.40. The lowest BCUT2D eigenvalue weighted by atomic mass is 9.93. The number of β-amino-alcohol motifs (C(OH)–C–C–N with tert-alkyl or cyclic N) is 1. The summed E-state index contributed by atoms with van der Waals surface area (Å²) < 4.78 is 10.4. The summed E-state index contributed by atoms with van der Waals surface area (Å²) in [5, 5.41) is 28.5. The van der Waals surface area contributed by atoms with Gasteiger partial charge in [-0.25, -0.2) is 4.79 Å². The van der Waals surface area contributed by atoms with Crippen LogP contribution in [0.15, 0.2) is 12.1 Å². The molecular formula is C16H22ClNO6. The third-order valence-corrected chi connectivity index (χ3v) is 4.24. The summed E-state index contributed by atoms with van der Waals surface area (Å²) in [6, 6.07) is 3.42. The second-order valence-electron chi connectivity index (χ2n) is 5.99. The van der Waals surface area contributed by atoms with Gasteiger partial charge in [0.05, 0.1) is 18.7 Å². The maximum absolute atomic E-state index is 10.6. The third kappa shape index (κ3) is 4.73. The third-order valence-electron chi connectivity index (χ3n) is 3.96. The van der Waals surface area contributed by atoms with Crippen molar-refractivity contribution in [1.82, 2.24) is 4.90 Å². The maximum atomic E-state index is 10.6. The minimum absolute atomic E-state index is 0.191. The fraction of sp³-hybridized carbons (Fsp3) is 0.562. The van der Waals surface area contributed by atoms with E-state index in [0.29, 0.717) is 25.3 Å². The Bertz CT molecular complexity index is 596. The highest BCUT2D eigenvalue weighted by Gasteiger charge is 2.32. The average Bonchev–Trinajstić information content (AvgIpc) is 2.53. The molecule has 24 heavy (non-hydrogen) atoms. The van der Waals surface area contributed by atoms with E-state index in [4.69, 9.17) is 26.2 Å². The molecule has 0 saturated carbocycles.